The van der Waals surface area contributed by atoms with Crippen LogP contribution < -0.4 is 16.6 Å². The molecule has 1 aliphatic rings. The van der Waals surface area contributed by atoms with Crippen molar-refractivity contribution in [2.75, 3.05) is 18.9 Å². The zero-order chi connectivity index (χ0) is 22.1. The topological polar surface area (TPSA) is 168 Å². The number of alkyl halides is 3. The number of hydrogen-bond donors (Lipinski definition) is 5. The standard InChI is InChI=1S/C16H17F3N6O5/c17-16(18,19)14(29)21-4-2-1-3-9-22-11-12(23-15(20)24-13(11)28)25(9)10-5-7(27)8(6-26)30-10/h7-8,10,26-27H,2,4-6H2,(H,21,29)(H3,20,23,24,28)/t7-,8+,10+/m0/s1. The maximum Gasteiger partial charge on any atom is 0.471 e. The molecule has 0 spiro atoms. The van der Waals surface area contributed by atoms with E-state index in [1.165, 1.54) is 4.57 Å². The SMILES string of the molecule is Nc1nc2c(nc(C#CCCNC(=O)C(F)(F)F)n2[C@H]2C[C@H](O)[C@@H](CO)O2)c(=O)[nH]1. The number of nitrogens with one attached hydrogen (secondary N) is 2. The first-order valence-electron chi connectivity index (χ1n) is 8.67. The van der Waals surface area contributed by atoms with Crippen LogP contribution >= 0.6 is 0 Å². The van der Waals surface area contributed by atoms with Gasteiger partial charge < -0.3 is 26.0 Å². The molecule has 2 aromatic heterocycles. The van der Waals surface area contributed by atoms with Gasteiger partial charge in [0.1, 0.15) is 12.3 Å². The lowest BCUT2D eigenvalue weighted by atomic mass is 10.2. The fourth-order valence-electron chi connectivity index (χ4n) is 2.88. The molecule has 0 aliphatic carbocycles. The zero-order valence-corrected chi connectivity index (χ0v) is 15.2. The normalized spacial score (nSPS) is 21.4. The Morgan fingerprint density at radius 2 is 2.17 bits per heavy atom. The van der Waals surface area contributed by atoms with Crippen molar-refractivity contribution in [2.24, 2.45) is 0 Å². The van der Waals surface area contributed by atoms with Gasteiger partial charge in [-0.05, 0) is 5.92 Å². The van der Waals surface area contributed by atoms with Crippen molar-refractivity contribution in [3.05, 3.63) is 16.2 Å². The smallest absolute Gasteiger partial charge is 0.394 e. The summed E-state index contributed by atoms with van der Waals surface area (Å²) in [7, 11) is 0. The highest BCUT2D eigenvalue weighted by atomic mass is 19.4. The largest absolute Gasteiger partial charge is 0.471 e. The van der Waals surface area contributed by atoms with Crippen LogP contribution in [0.1, 0.15) is 24.9 Å². The van der Waals surface area contributed by atoms with Crippen LogP contribution in [-0.4, -0.2) is 67.2 Å². The van der Waals surface area contributed by atoms with E-state index in [2.05, 4.69) is 26.8 Å². The van der Waals surface area contributed by atoms with E-state index in [1.807, 2.05) is 0 Å². The van der Waals surface area contributed by atoms with Crippen molar-refractivity contribution in [3.63, 3.8) is 0 Å². The fourth-order valence-corrected chi connectivity index (χ4v) is 2.88. The van der Waals surface area contributed by atoms with E-state index in [9.17, 15) is 33.0 Å². The van der Waals surface area contributed by atoms with Crippen LogP contribution in [0.3, 0.4) is 0 Å². The van der Waals surface area contributed by atoms with Gasteiger partial charge in [0.25, 0.3) is 5.56 Å². The second kappa shape index (κ2) is 8.30. The monoisotopic (exact) mass is 430 g/mol. The van der Waals surface area contributed by atoms with Crippen molar-refractivity contribution in [3.8, 4) is 11.8 Å². The number of aromatic nitrogens is 4. The summed E-state index contributed by atoms with van der Waals surface area (Å²) in [4.78, 5) is 33.3. The van der Waals surface area contributed by atoms with Crippen LogP contribution in [0, 0.1) is 11.8 Å². The molecule has 30 heavy (non-hydrogen) atoms. The fraction of sp³-hybridized carbons (Fsp3) is 0.500. The van der Waals surface area contributed by atoms with Gasteiger partial charge in [-0.25, -0.2) is 4.98 Å². The molecular formula is C16H17F3N6O5. The molecule has 0 bridgehead atoms. The molecule has 1 fully saturated rings. The molecule has 6 N–H and O–H groups in total. The van der Waals surface area contributed by atoms with E-state index in [0.717, 1.165) is 0 Å². The van der Waals surface area contributed by atoms with Gasteiger partial charge in [0.2, 0.25) is 5.95 Å². The Bertz CT molecular complexity index is 1070. The lowest BCUT2D eigenvalue weighted by Gasteiger charge is -2.15. The van der Waals surface area contributed by atoms with E-state index in [0.29, 0.717) is 0 Å². The van der Waals surface area contributed by atoms with Gasteiger partial charge in [-0.3, -0.25) is 19.1 Å². The molecule has 0 radical (unpaired) electrons. The van der Waals surface area contributed by atoms with Gasteiger partial charge in [-0.15, -0.1) is 0 Å². The van der Waals surface area contributed by atoms with Crippen molar-refractivity contribution in [1.29, 1.82) is 0 Å². The summed E-state index contributed by atoms with van der Waals surface area (Å²) in [6.07, 6.45) is -7.81. The molecule has 14 heteroatoms. The van der Waals surface area contributed by atoms with Gasteiger partial charge in [0.05, 0.1) is 12.7 Å². The number of nitrogen functional groups attached to an aromatic ring is 1. The minimum atomic E-state index is -4.99. The summed E-state index contributed by atoms with van der Waals surface area (Å²) in [6.45, 7) is -0.803. The van der Waals surface area contributed by atoms with Crippen molar-refractivity contribution >= 4 is 23.0 Å². The average Bonchev–Trinajstić information content (AvgIpc) is 3.20. The number of carbonyl (C=O) groups is 1. The van der Waals surface area contributed by atoms with Gasteiger partial charge in [0, 0.05) is 19.4 Å². The summed E-state index contributed by atoms with van der Waals surface area (Å²) in [5, 5.41) is 21.0. The molecule has 1 amide bonds. The molecular weight excluding hydrogens is 413 g/mol. The molecule has 0 unspecified atom stereocenters. The number of halogens is 3. The number of H-pyrrole nitrogens is 1. The second-order valence-corrected chi connectivity index (χ2v) is 6.35. The molecule has 11 nitrogen and oxygen atoms in total. The maximum absolute atomic E-state index is 12.2. The minimum absolute atomic E-state index is 0.00784. The quantitative estimate of drug-likeness (QED) is 0.297. The highest BCUT2D eigenvalue weighted by Crippen LogP contribution is 2.31. The number of aromatic amines is 1. The number of rotatable bonds is 4. The summed E-state index contributed by atoms with van der Waals surface area (Å²) >= 11 is 0. The predicted octanol–water partition coefficient (Wildman–Crippen LogP) is -1.24. The number of hydrogen-bond acceptors (Lipinski definition) is 8. The number of amides is 1. The van der Waals surface area contributed by atoms with Gasteiger partial charge in [-0.2, -0.15) is 18.2 Å². The summed E-state index contributed by atoms with van der Waals surface area (Å²) in [5.41, 5.74) is 4.86. The third-order valence-corrected chi connectivity index (χ3v) is 4.23. The third-order valence-electron chi connectivity index (χ3n) is 4.23. The van der Waals surface area contributed by atoms with Crippen LogP contribution in [0.2, 0.25) is 0 Å². The van der Waals surface area contributed by atoms with Crippen LogP contribution in [0.25, 0.3) is 11.2 Å². The number of aliphatic hydroxyl groups excluding tert-OH is 2. The van der Waals surface area contributed by atoms with E-state index < -0.39 is 42.7 Å². The van der Waals surface area contributed by atoms with Gasteiger partial charge >= 0.3 is 12.1 Å². The Balaban J connectivity index is 1.89. The number of imidazole rings is 1. The Hall–Kier alpha value is -3.15. The van der Waals surface area contributed by atoms with Crippen LogP contribution in [0.5, 0.6) is 0 Å². The predicted molar refractivity (Wildman–Crippen MR) is 94.7 cm³/mol. The van der Waals surface area contributed by atoms with Crippen molar-refractivity contribution in [2.45, 2.75) is 37.5 Å². The van der Waals surface area contributed by atoms with Crippen LogP contribution in [0.15, 0.2) is 4.79 Å². The highest BCUT2D eigenvalue weighted by molar-refractivity contribution is 5.81. The Labute approximate surface area is 166 Å². The van der Waals surface area contributed by atoms with Gasteiger partial charge in [0.15, 0.2) is 17.0 Å². The minimum Gasteiger partial charge on any atom is -0.394 e. The molecule has 0 aromatic carbocycles. The van der Waals surface area contributed by atoms with Crippen molar-refractivity contribution < 1.29 is 32.9 Å². The number of fused-ring (bicyclic) bond motifs is 1. The molecule has 3 atom stereocenters. The molecule has 0 saturated carbocycles. The number of aliphatic hydroxyl groups is 2. The highest BCUT2D eigenvalue weighted by Gasteiger charge is 2.38. The number of ether oxygens (including phenoxy) is 1. The number of anilines is 1. The number of nitrogens with zero attached hydrogens (tertiary/aromatic N) is 3. The number of carbonyl (C=O) groups excluding carboxylic acids is 1. The van der Waals surface area contributed by atoms with Crippen LogP contribution in [0.4, 0.5) is 19.1 Å². The first-order chi connectivity index (χ1) is 14.1. The molecule has 162 valence electrons. The zero-order valence-electron chi connectivity index (χ0n) is 15.2. The lowest BCUT2D eigenvalue weighted by Crippen LogP contribution is -2.37. The molecule has 3 rings (SSSR count). The Morgan fingerprint density at radius 3 is 2.80 bits per heavy atom. The van der Waals surface area contributed by atoms with E-state index >= 15 is 0 Å². The van der Waals surface area contributed by atoms with Crippen LogP contribution in [-0.2, 0) is 9.53 Å². The number of nitrogens with two attached hydrogens (primary N) is 1. The summed E-state index contributed by atoms with van der Waals surface area (Å²) in [6, 6.07) is 0. The van der Waals surface area contributed by atoms with Gasteiger partial charge in [-0.1, -0.05) is 5.92 Å². The van der Waals surface area contributed by atoms with E-state index in [-0.39, 0.29) is 42.3 Å². The second-order valence-electron chi connectivity index (χ2n) is 6.35. The first kappa shape index (κ1) is 21.6. The summed E-state index contributed by atoms with van der Waals surface area (Å²) in [5.74, 6) is 2.87. The molecule has 3 heterocycles. The van der Waals surface area contributed by atoms with Crippen molar-refractivity contribution in [1.82, 2.24) is 24.8 Å². The Morgan fingerprint density at radius 1 is 1.43 bits per heavy atom. The lowest BCUT2D eigenvalue weighted by molar-refractivity contribution is -0.173. The first-order valence-corrected chi connectivity index (χ1v) is 8.67. The molecule has 2 aromatic rings. The van der Waals surface area contributed by atoms with E-state index in [1.54, 1.807) is 5.32 Å². The summed E-state index contributed by atoms with van der Waals surface area (Å²) < 4.78 is 43.4. The van der Waals surface area contributed by atoms with E-state index in [4.69, 9.17) is 10.5 Å². The average molecular weight is 430 g/mol. The molecule has 1 aliphatic heterocycles. The Kier molecular flexibility index (Phi) is 5.97. The third kappa shape index (κ3) is 4.37. The maximum atomic E-state index is 12.2. The molecule has 1 saturated heterocycles.